The van der Waals surface area contributed by atoms with Crippen LogP contribution in [0.15, 0.2) is 50.2 Å². The molecule has 0 atom stereocenters. The van der Waals surface area contributed by atoms with Crippen LogP contribution in [0.1, 0.15) is 10.4 Å². The fourth-order valence-corrected chi connectivity index (χ4v) is 2.34. The molecule has 2 rings (SSSR count). The first-order chi connectivity index (χ1) is 8.97. The molecule has 0 unspecified atom stereocenters. The van der Waals surface area contributed by atoms with Gasteiger partial charge in [0.15, 0.2) is 0 Å². The van der Waals surface area contributed by atoms with E-state index >= 15 is 0 Å². The predicted molar refractivity (Wildman–Crippen MR) is 83.4 cm³/mol. The van der Waals surface area contributed by atoms with Crippen molar-refractivity contribution in [2.75, 3.05) is 5.32 Å². The van der Waals surface area contributed by atoms with Gasteiger partial charge in [0.2, 0.25) is 0 Å². The topological polar surface area (TPSA) is 29.1 Å². The molecule has 0 heterocycles. The van der Waals surface area contributed by atoms with E-state index in [4.69, 9.17) is 0 Å². The zero-order valence-electron chi connectivity index (χ0n) is 9.45. The summed E-state index contributed by atoms with van der Waals surface area (Å²) in [7, 11) is 0. The Labute approximate surface area is 132 Å². The molecular formula is C13H8Br2FNOS. The number of hydrogen-bond acceptors (Lipinski definition) is 2. The Bertz CT molecular complexity index is 649. The zero-order chi connectivity index (χ0) is 14.0. The first kappa shape index (κ1) is 14.6. The lowest BCUT2D eigenvalue weighted by Gasteiger charge is -2.08. The lowest BCUT2D eigenvalue weighted by atomic mass is 10.2. The van der Waals surface area contributed by atoms with Crippen molar-refractivity contribution in [2.45, 2.75) is 4.90 Å². The maximum atomic E-state index is 13.4. The molecule has 0 bridgehead atoms. The van der Waals surface area contributed by atoms with Crippen LogP contribution in [-0.2, 0) is 0 Å². The van der Waals surface area contributed by atoms with Crippen molar-refractivity contribution in [1.82, 2.24) is 0 Å². The second kappa shape index (κ2) is 6.07. The molecule has 0 aliphatic heterocycles. The third-order valence-electron chi connectivity index (χ3n) is 2.37. The predicted octanol–water partition coefficient (Wildman–Crippen LogP) is 4.89. The summed E-state index contributed by atoms with van der Waals surface area (Å²) in [6.07, 6.45) is 0. The van der Waals surface area contributed by atoms with Crippen molar-refractivity contribution in [1.29, 1.82) is 0 Å². The van der Waals surface area contributed by atoms with E-state index in [1.807, 2.05) is 0 Å². The molecule has 2 aromatic carbocycles. The molecular weight excluding hydrogens is 397 g/mol. The van der Waals surface area contributed by atoms with Crippen LogP contribution < -0.4 is 5.32 Å². The Kier molecular flexibility index (Phi) is 4.65. The monoisotopic (exact) mass is 403 g/mol. The number of anilines is 1. The van der Waals surface area contributed by atoms with Crippen molar-refractivity contribution < 1.29 is 9.18 Å². The molecule has 0 saturated heterocycles. The van der Waals surface area contributed by atoms with E-state index in [0.29, 0.717) is 25.1 Å². The van der Waals surface area contributed by atoms with Gasteiger partial charge in [0, 0.05) is 15.1 Å². The minimum Gasteiger partial charge on any atom is -0.322 e. The maximum absolute atomic E-state index is 13.4. The van der Waals surface area contributed by atoms with Gasteiger partial charge < -0.3 is 5.32 Å². The highest BCUT2D eigenvalue weighted by molar-refractivity contribution is 9.10. The Balaban J connectivity index is 2.25. The van der Waals surface area contributed by atoms with E-state index in [2.05, 4.69) is 49.8 Å². The van der Waals surface area contributed by atoms with Crippen LogP contribution in [0.5, 0.6) is 0 Å². The zero-order valence-corrected chi connectivity index (χ0v) is 13.5. The third kappa shape index (κ3) is 3.58. The van der Waals surface area contributed by atoms with Gasteiger partial charge in [-0.2, -0.15) is 0 Å². The summed E-state index contributed by atoms with van der Waals surface area (Å²) < 4.78 is 14.4. The van der Waals surface area contributed by atoms with Gasteiger partial charge in [-0.15, -0.1) is 12.6 Å². The second-order valence-corrected chi connectivity index (χ2v) is 5.97. The third-order valence-corrected chi connectivity index (χ3v) is 3.98. The number of thiol groups is 1. The molecule has 98 valence electrons. The summed E-state index contributed by atoms with van der Waals surface area (Å²) >= 11 is 10.5. The molecule has 0 fully saturated rings. The first-order valence-electron chi connectivity index (χ1n) is 5.22. The summed E-state index contributed by atoms with van der Waals surface area (Å²) in [4.78, 5) is 12.8. The largest absolute Gasteiger partial charge is 0.322 e. The van der Waals surface area contributed by atoms with E-state index in [1.54, 1.807) is 24.3 Å². The van der Waals surface area contributed by atoms with E-state index in [-0.39, 0.29) is 5.91 Å². The van der Waals surface area contributed by atoms with Gasteiger partial charge in [-0.25, -0.2) is 4.39 Å². The van der Waals surface area contributed by atoms with Gasteiger partial charge in [0.25, 0.3) is 5.91 Å². The highest BCUT2D eigenvalue weighted by Crippen LogP contribution is 2.23. The van der Waals surface area contributed by atoms with Crippen molar-refractivity contribution in [2.24, 2.45) is 0 Å². The lowest BCUT2D eigenvalue weighted by Crippen LogP contribution is -2.12. The number of amides is 1. The normalized spacial score (nSPS) is 10.3. The smallest absolute Gasteiger partial charge is 0.256 e. The molecule has 19 heavy (non-hydrogen) atoms. The number of nitrogens with one attached hydrogen (secondary N) is 1. The maximum Gasteiger partial charge on any atom is 0.256 e. The quantitative estimate of drug-likeness (QED) is 0.685. The van der Waals surface area contributed by atoms with Gasteiger partial charge >= 0.3 is 0 Å². The molecule has 1 N–H and O–H groups in total. The number of benzene rings is 2. The van der Waals surface area contributed by atoms with Crippen molar-refractivity contribution in [3.05, 3.63) is 56.7 Å². The SMILES string of the molecule is O=C(Nc1ccc(Br)c(F)c1)c1cc(S)ccc1Br. The van der Waals surface area contributed by atoms with Gasteiger partial charge in [-0.3, -0.25) is 4.79 Å². The van der Waals surface area contributed by atoms with Crippen molar-refractivity contribution in [3.63, 3.8) is 0 Å². The van der Waals surface area contributed by atoms with Crippen LogP contribution in [-0.4, -0.2) is 5.91 Å². The summed E-state index contributed by atoms with van der Waals surface area (Å²) in [5.41, 5.74) is 0.831. The van der Waals surface area contributed by atoms with E-state index < -0.39 is 5.82 Å². The van der Waals surface area contributed by atoms with Crippen LogP contribution in [0.3, 0.4) is 0 Å². The van der Waals surface area contributed by atoms with Crippen LogP contribution in [0, 0.1) is 5.82 Å². The lowest BCUT2D eigenvalue weighted by molar-refractivity contribution is 0.102. The highest BCUT2D eigenvalue weighted by Gasteiger charge is 2.11. The van der Waals surface area contributed by atoms with Crippen LogP contribution in [0.4, 0.5) is 10.1 Å². The average molecular weight is 405 g/mol. The van der Waals surface area contributed by atoms with E-state index in [0.717, 1.165) is 0 Å². The summed E-state index contributed by atoms with van der Waals surface area (Å²) in [5, 5.41) is 2.63. The molecule has 1 amide bonds. The first-order valence-corrected chi connectivity index (χ1v) is 7.25. The Morgan fingerprint density at radius 3 is 2.47 bits per heavy atom. The molecule has 0 aliphatic rings. The summed E-state index contributed by atoms with van der Waals surface area (Å²) in [6.45, 7) is 0. The number of carbonyl (C=O) groups is 1. The molecule has 0 aliphatic carbocycles. The Morgan fingerprint density at radius 2 is 1.79 bits per heavy atom. The minimum atomic E-state index is -0.431. The summed E-state index contributed by atoms with van der Waals surface area (Å²) in [5.74, 6) is -0.760. The standard InChI is InChI=1S/C13H8Br2FNOS/c14-10-4-2-8(19)6-9(10)13(18)17-7-1-3-11(15)12(16)5-7/h1-6,19H,(H,17,18). The molecule has 2 nitrogen and oxygen atoms in total. The minimum absolute atomic E-state index is 0.329. The van der Waals surface area contributed by atoms with Crippen LogP contribution in [0.2, 0.25) is 0 Å². The molecule has 0 saturated carbocycles. The fraction of sp³-hybridized carbons (Fsp3) is 0. The number of hydrogen-bond donors (Lipinski definition) is 2. The molecule has 0 radical (unpaired) electrons. The van der Waals surface area contributed by atoms with E-state index in [1.165, 1.54) is 12.1 Å². The van der Waals surface area contributed by atoms with Gasteiger partial charge in [0.1, 0.15) is 5.82 Å². The van der Waals surface area contributed by atoms with E-state index in [9.17, 15) is 9.18 Å². The van der Waals surface area contributed by atoms with Crippen LogP contribution >= 0.6 is 44.5 Å². The molecule has 2 aromatic rings. The van der Waals surface area contributed by atoms with Crippen molar-refractivity contribution in [3.8, 4) is 0 Å². The Hall–Kier alpha value is -0.850. The summed E-state index contributed by atoms with van der Waals surface area (Å²) in [6, 6.07) is 9.54. The second-order valence-electron chi connectivity index (χ2n) is 3.75. The number of carbonyl (C=O) groups excluding carboxylic acids is 1. The average Bonchev–Trinajstić information content (AvgIpc) is 2.36. The fourth-order valence-electron chi connectivity index (χ4n) is 1.46. The highest BCUT2D eigenvalue weighted by atomic mass is 79.9. The van der Waals surface area contributed by atoms with Crippen molar-refractivity contribution >= 4 is 56.1 Å². The molecule has 6 heteroatoms. The molecule has 0 spiro atoms. The van der Waals surface area contributed by atoms with Crippen LogP contribution in [0.25, 0.3) is 0 Å². The Morgan fingerprint density at radius 1 is 1.11 bits per heavy atom. The number of rotatable bonds is 2. The molecule has 0 aromatic heterocycles. The van der Waals surface area contributed by atoms with Gasteiger partial charge in [-0.05, 0) is 68.3 Å². The number of halogens is 3. The van der Waals surface area contributed by atoms with Gasteiger partial charge in [0.05, 0.1) is 10.0 Å². The van der Waals surface area contributed by atoms with Gasteiger partial charge in [-0.1, -0.05) is 0 Å².